The molecule has 0 bridgehead atoms. The molecule has 0 saturated carbocycles. The predicted molar refractivity (Wildman–Crippen MR) is 45.5 cm³/mol. The van der Waals surface area contributed by atoms with E-state index in [1.807, 2.05) is 0 Å². The second-order valence-corrected chi connectivity index (χ2v) is 0. The van der Waals surface area contributed by atoms with Crippen LogP contribution in [0, 0.1) is 0 Å². The molecule has 0 amide bonds. The van der Waals surface area contributed by atoms with Crippen LogP contribution in [0.25, 0.3) is 0 Å². The average Bonchev–Trinajstić information content (AvgIpc) is 0. The predicted octanol–water partition coefficient (Wildman–Crippen LogP) is -5.12. The summed E-state index contributed by atoms with van der Waals surface area (Å²) in [5, 5.41) is 0. The molecule has 0 aliphatic carbocycles. The molecule has 0 spiro atoms. The normalized spacial score (nSPS) is 0. The van der Waals surface area contributed by atoms with Gasteiger partial charge in [-0.05, 0) is 11.0 Å². The molecule has 0 nitrogen and oxygen atoms in total. The van der Waals surface area contributed by atoms with Crippen LogP contribution < -0.4 is 0 Å². The maximum absolute atomic E-state index is 0. The molecule has 0 aromatic heterocycles. The van der Waals surface area contributed by atoms with Crippen LogP contribution >= 0.6 is 0 Å². The van der Waals surface area contributed by atoms with Crippen LogP contribution in [0.1, 0.15) is 0 Å². The van der Waals surface area contributed by atoms with E-state index in [-0.39, 0.29) is 183 Å². The molecule has 0 radical (unpaired) electrons. The minimum absolute atomic E-state index is 0. The Bertz CT molecular complexity index is 15.5. The van der Waals surface area contributed by atoms with E-state index in [2.05, 4.69) is 0 Å². The zero-order chi connectivity index (χ0) is 0. The SMILES string of the molecule is [BaH2].[CaH2].[Fe].[MgH2].[SiH4].[SrH2]. The van der Waals surface area contributed by atoms with E-state index in [4.69, 9.17) is 0 Å². The van der Waals surface area contributed by atoms with Gasteiger partial charge in [0, 0.05) is 17.1 Å². The molecule has 6 heavy (non-hydrogen) atoms. The Hall–Kier alpha value is 5.81. The standard InChI is InChI=1S/Ba.Ca.Fe.Mg.H4Si.Sr.8H/h;;;;1H4;;;;;;;;;. The molecule has 0 saturated heterocycles. The summed E-state index contributed by atoms with van der Waals surface area (Å²) in [6.45, 7) is 0. The first kappa shape index (κ1) is 40.9. The molecule has 0 fully saturated rings. The van der Waals surface area contributed by atoms with Crippen molar-refractivity contribution in [2.75, 3.05) is 0 Å². The van der Waals surface area contributed by atoms with Gasteiger partial charge in [-0.1, -0.05) is 0 Å². The molecule has 0 aromatic rings. The van der Waals surface area contributed by atoms with Crippen molar-refractivity contribution in [3.05, 3.63) is 0 Å². The topological polar surface area (TPSA) is 0 Å². The third-order valence-corrected chi connectivity index (χ3v) is 0. The quantitative estimate of drug-likeness (QED) is 0.366. The Morgan fingerprint density at radius 3 is 1.00 bits per heavy atom. The van der Waals surface area contributed by atoms with E-state index in [1.165, 1.54) is 0 Å². The van der Waals surface area contributed by atoms with E-state index in [0.717, 1.165) is 0 Å². The summed E-state index contributed by atoms with van der Waals surface area (Å²) < 4.78 is 0. The van der Waals surface area contributed by atoms with Crippen molar-refractivity contribution in [1.29, 1.82) is 0 Å². The Balaban J connectivity index is 0. The number of hydrogen-bond donors (Lipinski definition) is 0. The second kappa shape index (κ2) is 30.8. The van der Waals surface area contributed by atoms with E-state index < -0.39 is 0 Å². The van der Waals surface area contributed by atoms with E-state index in [9.17, 15) is 0 Å². The Morgan fingerprint density at radius 2 is 1.00 bits per heavy atom. The summed E-state index contributed by atoms with van der Waals surface area (Å²) in [7, 11) is 0. The summed E-state index contributed by atoms with van der Waals surface area (Å²) in [5.41, 5.74) is 0. The zero-order valence-electron chi connectivity index (χ0n) is 0.354. The van der Waals surface area contributed by atoms with Gasteiger partial charge in [0.05, 0.1) is 0 Å². The van der Waals surface area contributed by atoms with Crippen LogP contribution in [0.5, 0.6) is 0 Å². The summed E-state index contributed by atoms with van der Waals surface area (Å²) in [5.74, 6) is 0. The van der Waals surface area contributed by atoms with Gasteiger partial charge in [0.15, 0.2) is 0 Å². The Labute approximate surface area is 177 Å². The van der Waals surface area contributed by atoms with Crippen molar-refractivity contribution in [2.45, 2.75) is 0 Å². The maximum atomic E-state index is 0. The Morgan fingerprint density at radius 1 is 1.00 bits per heavy atom. The molecule has 0 N–H and O–H groups in total. The van der Waals surface area contributed by atoms with Gasteiger partial charge in [-0.2, -0.15) is 0 Å². The van der Waals surface area contributed by atoms with Crippen LogP contribution in [0.3, 0.4) is 0 Å². The summed E-state index contributed by atoms with van der Waals surface area (Å²) in [6.07, 6.45) is 0. The molecule has 0 aromatic carbocycles. The first-order valence-corrected chi connectivity index (χ1v) is 0. The second-order valence-electron chi connectivity index (χ2n) is 0. The van der Waals surface area contributed by atoms with E-state index in [0.29, 0.717) is 0 Å². The fourth-order valence-electron chi connectivity index (χ4n) is 0. The van der Waals surface area contributed by atoms with Gasteiger partial charge in [-0.25, -0.2) is 0 Å². The van der Waals surface area contributed by atoms with Gasteiger partial charge in [-0.3, -0.25) is 0 Å². The van der Waals surface area contributed by atoms with Gasteiger partial charge in [0.2, 0.25) is 0 Å². The number of hydrogen-bond acceptors (Lipinski definition) is 0. The first-order chi connectivity index (χ1) is 0. The molecule has 0 heterocycles. The molecule has 0 aliphatic heterocycles. The molecule has 0 unspecified atom stereocenters. The van der Waals surface area contributed by atoms with Gasteiger partial charge in [-0.15, -0.1) is 0 Å². The van der Waals surface area contributed by atoms with Crippen molar-refractivity contribution in [3.63, 3.8) is 0 Å². The van der Waals surface area contributed by atoms with E-state index in [1.54, 1.807) is 0 Å². The van der Waals surface area contributed by atoms with Crippen LogP contribution in [-0.2, 0) is 17.1 Å². The minimum atomic E-state index is 0. The fraction of sp³-hybridized carbons (Fsp3) is 0. The zero-order valence-corrected chi connectivity index (χ0v) is 1.46. The van der Waals surface area contributed by atoms with Crippen molar-refractivity contribution in [3.8, 4) is 0 Å². The van der Waals surface area contributed by atoms with Crippen LogP contribution in [-0.4, -0.2) is 166 Å². The summed E-state index contributed by atoms with van der Waals surface area (Å²) >= 11 is 0. The van der Waals surface area contributed by atoms with Crippen LogP contribution in [0.15, 0.2) is 0 Å². The molecular weight excluding hydrogens is 373 g/mol. The molecule has 0 rings (SSSR count). The monoisotopic (exact) mass is 386 g/mol. The third kappa shape index (κ3) is 22.6. The molecule has 0 atom stereocenters. The molecular formula is H12BaCaFeMgSiSr. The van der Waals surface area contributed by atoms with Gasteiger partial charge >= 0.3 is 155 Å². The first-order valence-electron chi connectivity index (χ1n) is 0. The summed E-state index contributed by atoms with van der Waals surface area (Å²) in [6, 6.07) is 0. The third-order valence-electron chi connectivity index (χ3n) is 0. The van der Waals surface area contributed by atoms with Crippen molar-refractivity contribution in [2.24, 2.45) is 0 Å². The van der Waals surface area contributed by atoms with Crippen molar-refractivity contribution >= 4 is 166 Å². The number of rotatable bonds is 0. The van der Waals surface area contributed by atoms with Crippen molar-refractivity contribution in [1.82, 2.24) is 0 Å². The summed E-state index contributed by atoms with van der Waals surface area (Å²) in [4.78, 5) is 0. The van der Waals surface area contributed by atoms with E-state index >= 15 is 0 Å². The average molecular weight is 385 g/mol. The Kier molecular flexibility index (Phi) is 210. The molecule has 0 aliphatic rings. The fourth-order valence-corrected chi connectivity index (χ4v) is 0. The van der Waals surface area contributed by atoms with Crippen LogP contribution in [0.4, 0.5) is 0 Å². The molecule has 32 valence electrons. The van der Waals surface area contributed by atoms with Gasteiger partial charge in [0.1, 0.15) is 0 Å². The van der Waals surface area contributed by atoms with Gasteiger partial charge in [0.25, 0.3) is 0 Å². The van der Waals surface area contributed by atoms with Crippen LogP contribution in [0.2, 0.25) is 0 Å². The van der Waals surface area contributed by atoms with Gasteiger partial charge < -0.3 is 0 Å². The molecule has 6 heteroatoms. The van der Waals surface area contributed by atoms with Crippen molar-refractivity contribution < 1.29 is 17.1 Å².